The Labute approximate surface area is 112 Å². The number of aromatic nitrogens is 2. The average molecular weight is 275 g/mol. The summed E-state index contributed by atoms with van der Waals surface area (Å²) in [7, 11) is 1.90. The van der Waals surface area contributed by atoms with Crippen molar-refractivity contribution in [3.8, 4) is 0 Å². The Kier molecular flexibility index (Phi) is 4.39. The summed E-state index contributed by atoms with van der Waals surface area (Å²) in [5.41, 5.74) is 1.89. The number of hydrogen-bond donors (Lipinski definition) is 1. The highest BCUT2D eigenvalue weighted by Crippen LogP contribution is 2.31. The molecule has 17 heavy (non-hydrogen) atoms. The molecule has 0 saturated carbocycles. The fraction of sp³-hybridized carbons (Fsp3) is 0.750. The number of halogens is 1. The predicted molar refractivity (Wildman–Crippen MR) is 72.8 cm³/mol. The lowest BCUT2D eigenvalue weighted by Gasteiger charge is -2.17. The van der Waals surface area contributed by atoms with Crippen LogP contribution in [0.15, 0.2) is 0 Å². The normalized spacial score (nSPS) is 22.0. The van der Waals surface area contributed by atoms with E-state index in [1.54, 1.807) is 0 Å². The first-order valence-electron chi connectivity index (χ1n) is 6.13. The summed E-state index contributed by atoms with van der Waals surface area (Å²) >= 11 is 8.15. The summed E-state index contributed by atoms with van der Waals surface area (Å²) in [5, 5.41) is 15.7. The van der Waals surface area contributed by atoms with Crippen molar-refractivity contribution < 1.29 is 5.11 Å². The third-order valence-corrected chi connectivity index (χ3v) is 5.24. The maximum Gasteiger partial charge on any atom is 0.0850 e. The Morgan fingerprint density at radius 3 is 2.94 bits per heavy atom. The second kappa shape index (κ2) is 5.63. The third kappa shape index (κ3) is 2.80. The molecule has 1 aliphatic rings. The van der Waals surface area contributed by atoms with Crippen molar-refractivity contribution in [2.24, 2.45) is 7.05 Å². The maximum atomic E-state index is 10.2. The summed E-state index contributed by atoms with van der Waals surface area (Å²) in [6.07, 6.45) is 3.47. The van der Waals surface area contributed by atoms with Gasteiger partial charge in [-0.3, -0.25) is 4.68 Å². The molecular formula is C12H19ClN2OS. The van der Waals surface area contributed by atoms with E-state index in [1.165, 1.54) is 12.2 Å². The smallest absolute Gasteiger partial charge is 0.0850 e. The molecule has 0 bridgehead atoms. The van der Waals surface area contributed by atoms with E-state index in [0.717, 1.165) is 29.3 Å². The van der Waals surface area contributed by atoms with E-state index in [-0.39, 0.29) is 6.10 Å². The third-order valence-electron chi connectivity index (χ3n) is 3.30. The molecule has 2 heterocycles. The molecule has 0 amide bonds. The monoisotopic (exact) mass is 274 g/mol. The number of aliphatic hydroxyl groups excluding tert-OH is 1. The quantitative estimate of drug-likeness (QED) is 0.916. The summed E-state index contributed by atoms with van der Waals surface area (Å²) in [5.74, 6) is 1.17. The van der Waals surface area contributed by atoms with Gasteiger partial charge in [-0.1, -0.05) is 18.5 Å². The highest BCUT2D eigenvalue weighted by atomic mass is 35.5. The van der Waals surface area contributed by atoms with Crippen molar-refractivity contribution in [3.05, 3.63) is 16.4 Å². The second-order valence-electron chi connectivity index (χ2n) is 4.51. The van der Waals surface area contributed by atoms with Gasteiger partial charge in [-0.05, 0) is 25.0 Å². The first-order valence-corrected chi connectivity index (χ1v) is 7.56. The van der Waals surface area contributed by atoms with Crippen LogP contribution in [0.3, 0.4) is 0 Å². The molecule has 5 heteroatoms. The van der Waals surface area contributed by atoms with Gasteiger partial charge in [0.15, 0.2) is 0 Å². The average Bonchev–Trinajstić information content (AvgIpc) is 2.92. The van der Waals surface area contributed by atoms with Gasteiger partial charge in [-0.2, -0.15) is 16.9 Å². The van der Waals surface area contributed by atoms with E-state index >= 15 is 0 Å². The van der Waals surface area contributed by atoms with E-state index in [4.69, 9.17) is 11.6 Å². The largest absolute Gasteiger partial charge is 0.392 e. The van der Waals surface area contributed by atoms with Crippen molar-refractivity contribution >= 4 is 23.4 Å². The molecule has 1 aromatic rings. The van der Waals surface area contributed by atoms with Crippen LogP contribution in [0.1, 0.15) is 31.2 Å². The van der Waals surface area contributed by atoms with Gasteiger partial charge < -0.3 is 5.11 Å². The van der Waals surface area contributed by atoms with Crippen molar-refractivity contribution in [2.45, 2.75) is 44.0 Å². The Balaban J connectivity index is 2.09. The van der Waals surface area contributed by atoms with Crippen LogP contribution in [0.4, 0.5) is 0 Å². The van der Waals surface area contributed by atoms with Gasteiger partial charge in [0.05, 0.1) is 22.5 Å². The first-order chi connectivity index (χ1) is 8.13. The van der Waals surface area contributed by atoms with Gasteiger partial charge in [0.2, 0.25) is 0 Å². The zero-order valence-electron chi connectivity index (χ0n) is 10.3. The number of thioether (sulfide) groups is 1. The van der Waals surface area contributed by atoms with Crippen LogP contribution in [0.2, 0.25) is 5.02 Å². The van der Waals surface area contributed by atoms with Gasteiger partial charge in [0, 0.05) is 18.7 Å². The molecule has 1 aliphatic heterocycles. The molecule has 2 atom stereocenters. The molecule has 3 nitrogen and oxygen atoms in total. The zero-order valence-corrected chi connectivity index (χ0v) is 11.9. The van der Waals surface area contributed by atoms with Crippen molar-refractivity contribution in [1.82, 2.24) is 9.78 Å². The maximum absolute atomic E-state index is 10.2. The van der Waals surface area contributed by atoms with Crippen LogP contribution in [-0.4, -0.2) is 32.0 Å². The van der Waals surface area contributed by atoms with Gasteiger partial charge in [0.1, 0.15) is 0 Å². The summed E-state index contributed by atoms with van der Waals surface area (Å²) in [6.45, 7) is 2.04. The van der Waals surface area contributed by atoms with Crippen LogP contribution in [-0.2, 0) is 19.9 Å². The van der Waals surface area contributed by atoms with Crippen LogP contribution in [0.25, 0.3) is 0 Å². The zero-order chi connectivity index (χ0) is 12.4. The van der Waals surface area contributed by atoms with E-state index in [2.05, 4.69) is 5.10 Å². The summed E-state index contributed by atoms with van der Waals surface area (Å²) in [4.78, 5) is 0. The van der Waals surface area contributed by atoms with E-state index in [9.17, 15) is 5.11 Å². The lowest BCUT2D eigenvalue weighted by molar-refractivity contribution is 0.168. The van der Waals surface area contributed by atoms with Crippen LogP contribution in [0.5, 0.6) is 0 Å². The minimum Gasteiger partial charge on any atom is -0.392 e. The van der Waals surface area contributed by atoms with Gasteiger partial charge >= 0.3 is 0 Å². The number of aryl methyl sites for hydroxylation is 2. The second-order valence-corrected chi connectivity index (χ2v) is 6.23. The fourth-order valence-electron chi connectivity index (χ4n) is 2.28. The molecule has 2 rings (SSSR count). The van der Waals surface area contributed by atoms with Crippen molar-refractivity contribution in [1.29, 1.82) is 0 Å². The fourth-order valence-corrected chi connectivity index (χ4v) is 3.94. The number of nitrogens with zero attached hydrogens (tertiary/aromatic N) is 2. The standard InChI is InChI=1S/C12H19ClN2OS/c1-3-8-12(13)9(15(2)14-8)7-10(16)11-5-4-6-17-11/h10-11,16H,3-7H2,1-2H3. The van der Waals surface area contributed by atoms with Gasteiger partial charge in [-0.15, -0.1) is 0 Å². The molecule has 1 aromatic heterocycles. The number of hydrogen-bond acceptors (Lipinski definition) is 3. The Bertz CT molecular complexity index is 388. The minimum absolute atomic E-state index is 0.305. The van der Waals surface area contributed by atoms with Gasteiger partial charge in [-0.25, -0.2) is 0 Å². The van der Waals surface area contributed by atoms with Gasteiger partial charge in [0.25, 0.3) is 0 Å². The van der Waals surface area contributed by atoms with E-state index < -0.39 is 0 Å². The first kappa shape index (κ1) is 13.2. The van der Waals surface area contributed by atoms with E-state index in [0.29, 0.717) is 11.7 Å². The molecule has 0 spiro atoms. The molecule has 0 aromatic carbocycles. The Morgan fingerprint density at radius 1 is 1.65 bits per heavy atom. The molecule has 1 saturated heterocycles. The lowest BCUT2D eigenvalue weighted by Crippen LogP contribution is -2.24. The molecule has 1 fully saturated rings. The molecule has 1 N–H and O–H groups in total. The SMILES string of the molecule is CCc1nn(C)c(CC(O)C2CCCS2)c1Cl. The van der Waals surface area contributed by atoms with Crippen LogP contribution < -0.4 is 0 Å². The van der Waals surface area contributed by atoms with Crippen LogP contribution >= 0.6 is 23.4 Å². The topological polar surface area (TPSA) is 38.0 Å². The van der Waals surface area contributed by atoms with Crippen molar-refractivity contribution in [2.75, 3.05) is 5.75 Å². The Hall–Kier alpha value is -0.190. The number of aliphatic hydroxyl groups is 1. The molecule has 96 valence electrons. The summed E-state index contributed by atoms with van der Waals surface area (Å²) in [6, 6.07) is 0. The Morgan fingerprint density at radius 2 is 2.41 bits per heavy atom. The molecule has 0 aliphatic carbocycles. The predicted octanol–water partition coefficient (Wildman–Crippen LogP) is 2.43. The highest BCUT2D eigenvalue weighted by molar-refractivity contribution is 8.00. The summed E-state index contributed by atoms with van der Waals surface area (Å²) < 4.78 is 1.81. The van der Waals surface area contributed by atoms with Crippen LogP contribution in [0, 0.1) is 0 Å². The molecular weight excluding hydrogens is 256 g/mol. The lowest BCUT2D eigenvalue weighted by atomic mass is 10.1. The van der Waals surface area contributed by atoms with E-state index in [1.807, 2.05) is 30.4 Å². The molecule has 2 unspecified atom stereocenters. The molecule has 0 radical (unpaired) electrons. The van der Waals surface area contributed by atoms with Crippen molar-refractivity contribution in [3.63, 3.8) is 0 Å². The number of rotatable bonds is 4. The minimum atomic E-state index is -0.305. The highest BCUT2D eigenvalue weighted by Gasteiger charge is 2.26.